The largest absolute Gasteiger partial charge is 0.493 e. The van der Waals surface area contributed by atoms with Crippen LogP contribution in [0.15, 0.2) is 30.3 Å². The van der Waals surface area contributed by atoms with Crippen LogP contribution in [0.3, 0.4) is 0 Å². The van der Waals surface area contributed by atoms with Crippen LogP contribution in [0, 0.1) is 11.3 Å². The Labute approximate surface area is 188 Å². The number of benzene rings is 2. The predicted molar refractivity (Wildman–Crippen MR) is 121 cm³/mol. The van der Waals surface area contributed by atoms with E-state index in [-0.39, 0.29) is 11.7 Å². The molecule has 32 heavy (non-hydrogen) atoms. The third-order valence-corrected chi connectivity index (χ3v) is 6.61. The van der Waals surface area contributed by atoms with Gasteiger partial charge in [-0.1, -0.05) is 32.0 Å². The summed E-state index contributed by atoms with van der Waals surface area (Å²) in [5.41, 5.74) is 2.62. The van der Waals surface area contributed by atoms with Crippen molar-refractivity contribution >= 4 is 11.8 Å². The van der Waals surface area contributed by atoms with Gasteiger partial charge in [0.15, 0.2) is 17.3 Å². The van der Waals surface area contributed by atoms with Gasteiger partial charge >= 0.3 is 5.97 Å². The SMILES string of the molecule is COc1ccc(-c2ccc3c(c2)CCC3=O)c(OC(CC(C)C)C2(C(=O)O)CC2)c1OC. The van der Waals surface area contributed by atoms with Crippen molar-refractivity contribution in [1.29, 1.82) is 0 Å². The molecule has 6 nitrogen and oxygen atoms in total. The molecule has 1 unspecified atom stereocenters. The van der Waals surface area contributed by atoms with E-state index < -0.39 is 17.5 Å². The zero-order valence-electron chi connectivity index (χ0n) is 19.1. The molecule has 0 heterocycles. The lowest BCUT2D eigenvalue weighted by Crippen LogP contribution is -2.36. The maximum absolute atomic E-state index is 12.1. The van der Waals surface area contributed by atoms with E-state index in [9.17, 15) is 14.7 Å². The summed E-state index contributed by atoms with van der Waals surface area (Å²) in [6.45, 7) is 4.13. The first-order chi connectivity index (χ1) is 15.3. The number of fused-ring (bicyclic) bond motifs is 1. The van der Waals surface area contributed by atoms with Crippen LogP contribution < -0.4 is 14.2 Å². The van der Waals surface area contributed by atoms with Gasteiger partial charge in [0.2, 0.25) is 5.75 Å². The standard InChI is InChI=1S/C26H30O6/c1-15(2)13-22(26(11-12-26)25(28)29)32-23-19(8-10-21(30-3)24(23)31-4)17-5-7-18-16(14-17)6-9-20(18)27/h5,7-8,10,14-15,22H,6,9,11-13H2,1-4H3,(H,28,29). The quantitative estimate of drug-likeness (QED) is 0.582. The summed E-state index contributed by atoms with van der Waals surface area (Å²) in [7, 11) is 3.12. The van der Waals surface area contributed by atoms with Crippen molar-refractivity contribution in [2.24, 2.45) is 11.3 Å². The second-order valence-corrected chi connectivity index (χ2v) is 9.17. The number of aliphatic carboxylic acids is 1. The third kappa shape index (κ3) is 3.83. The summed E-state index contributed by atoms with van der Waals surface area (Å²) in [5, 5.41) is 9.94. The van der Waals surface area contributed by atoms with Crippen molar-refractivity contribution in [2.45, 2.75) is 52.1 Å². The maximum Gasteiger partial charge on any atom is 0.313 e. The number of Topliss-reactive ketones (excluding diaryl/α,β-unsaturated/α-hetero) is 1. The van der Waals surface area contributed by atoms with Crippen molar-refractivity contribution in [3.63, 3.8) is 0 Å². The van der Waals surface area contributed by atoms with Crippen LogP contribution in [0.5, 0.6) is 17.2 Å². The molecule has 2 aromatic carbocycles. The molecule has 1 N–H and O–H groups in total. The Morgan fingerprint density at radius 3 is 2.34 bits per heavy atom. The zero-order valence-corrected chi connectivity index (χ0v) is 19.1. The van der Waals surface area contributed by atoms with E-state index in [0.29, 0.717) is 42.9 Å². The molecule has 0 aromatic heterocycles. The van der Waals surface area contributed by atoms with Gasteiger partial charge in [0.1, 0.15) is 11.5 Å². The van der Waals surface area contributed by atoms with Gasteiger partial charge in [-0.05, 0) is 54.9 Å². The number of rotatable bonds is 9. The average Bonchev–Trinajstić information content (AvgIpc) is 3.51. The van der Waals surface area contributed by atoms with Gasteiger partial charge in [-0.25, -0.2) is 0 Å². The summed E-state index contributed by atoms with van der Waals surface area (Å²) < 4.78 is 17.7. The molecular weight excluding hydrogens is 408 g/mol. The van der Waals surface area contributed by atoms with E-state index in [4.69, 9.17) is 14.2 Å². The number of hydrogen-bond acceptors (Lipinski definition) is 5. The maximum atomic E-state index is 12.1. The fourth-order valence-electron chi connectivity index (χ4n) is 4.63. The van der Waals surface area contributed by atoms with E-state index in [0.717, 1.165) is 28.7 Å². The van der Waals surface area contributed by atoms with E-state index in [2.05, 4.69) is 13.8 Å². The van der Waals surface area contributed by atoms with E-state index in [1.807, 2.05) is 30.3 Å². The molecule has 1 saturated carbocycles. The molecule has 170 valence electrons. The highest BCUT2D eigenvalue weighted by molar-refractivity contribution is 6.01. The Bertz CT molecular complexity index is 1050. The lowest BCUT2D eigenvalue weighted by atomic mass is 9.91. The van der Waals surface area contributed by atoms with Crippen molar-refractivity contribution in [1.82, 2.24) is 0 Å². The number of aryl methyl sites for hydroxylation is 1. The fraction of sp³-hybridized carbons (Fsp3) is 0.462. The summed E-state index contributed by atoms with van der Waals surface area (Å²) in [6.07, 6.45) is 2.58. The van der Waals surface area contributed by atoms with Crippen LogP contribution in [0.1, 0.15) is 55.5 Å². The molecule has 6 heteroatoms. The number of methoxy groups -OCH3 is 2. The number of carbonyl (C=O) groups is 2. The average molecular weight is 439 g/mol. The van der Waals surface area contributed by atoms with E-state index >= 15 is 0 Å². The van der Waals surface area contributed by atoms with E-state index in [1.165, 1.54) is 0 Å². The Morgan fingerprint density at radius 1 is 1.03 bits per heavy atom. The smallest absolute Gasteiger partial charge is 0.313 e. The minimum Gasteiger partial charge on any atom is -0.493 e. The number of ketones is 1. The Balaban J connectivity index is 1.82. The summed E-state index contributed by atoms with van der Waals surface area (Å²) in [5.74, 6) is 1.06. The summed E-state index contributed by atoms with van der Waals surface area (Å²) in [6, 6.07) is 9.53. The second-order valence-electron chi connectivity index (χ2n) is 9.17. The van der Waals surface area contributed by atoms with Crippen LogP contribution in [0.4, 0.5) is 0 Å². The molecule has 2 aromatic rings. The monoisotopic (exact) mass is 438 g/mol. The van der Waals surface area contributed by atoms with Crippen molar-refractivity contribution < 1.29 is 28.9 Å². The number of carboxylic acids is 1. The minimum absolute atomic E-state index is 0.171. The van der Waals surface area contributed by atoms with Gasteiger partial charge in [0, 0.05) is 17.5 Å². The third-order valence-electron chi connectivity index (χ3n) is 6.61. The first-order valence-electron chi connectivity index (χ1n) is 11.1. The fourth-order valence-corrected chi connectivity index (χ4v) is 4.63. The normalized spacial score (nSPS) is 17.1. The number of carboxylic acid groups (broad SMARTS) is 1. The predicted octanol–water partition coefficient (Wildman–Crippen LogP) is 5.16. The Kier molecular flexibility index (Phi) is 5.89. The molecular formula is C26H30O6. The molecule has 0 bridgehead atoms. The van der Waals surface area contributed by atoms with Gasteiger partial charge in [-0.15, -0.1) is 0 Å². The zero-order chi connectivity index (χ0) is 23.0. The van der Waals surface area contributed by atoms with Gasteiger partial charge in [-0.2, -0.15) is 0 Å². The molecule has 0 aliphatic heterocycles. The molecule has 2 aliphatic carbocycles. The van der Waals surface area contributed by atoms with Crippen molar-refractivity contribution in [3.8, 4) is 28.4 Å². The highest BCUT2D eigenvalue weighted by atomic mass is 16.5. The molecule has 1 atom stereocenters. The Morgan fingerprint density at radius 2 is 1.75 bits per heavy atom. The van der Waals surface area contributed by atoms with Crippen LogP contribution >= 0.6 is 0 Å². The van der Waals surface area contributed by atoms with Crippen molar-refractivity contribution in [3.05, 3.63) is 41.5 Å². The lowest BCUT2D eigenvalue weighted by molar-refractivity contribution is -0.147. The minimum atomic E-state index is -0.875. The number of hydrogen-bond donors (Lipinski definition) is 1. The molecule has 2 aliphatic rings. The van der Waals surface area contributed by atoms with Gasteiger partial charge < -0.3 is 19.3 Å². The summed E-state index contributed by atoms with van der Waals surface area (Å²) >= 11 is 0. The lowest BCUT2D eigenvalue weighted by Gasteiger charge is -2.29. The summed E-state index contributed by atoms with van der Waals surface area (Å²) in [4.78, 5) is 24.2. The molecule has 4 rings (SSSR count). The second kappa shape index (κ2) is 8.49. The van der Waals surface area contributed by atoms with Gasteiger partial charge in [0.05, 0.1) is 14.2 Å². The molecule has 0 amide bonds. The number of carbonyl (C=O) groups excluding carboxylic acids is 1. The van der Waals surface area contributed by atoms with Crippen molar-refractivity contribution in [2.75, 3.05) is 14.2 Å². The highest BCUT2D eigenvalue weighted by Gasteiger charge is 2.58. The molecule has 0 radical (unpaired) electrons. The topological polar surface area (TPSA) is 82.1 Å². The van der Waals surface area contributed by atoms with Gasteiger partial charge in [0.25, 0.3) is 0 Å². The van der Waals surface area contributed by atoms with Crippen LogP contribution in [-0.4, -0.2) is 37.2 Å². The first-order valence-corrected chi connectivity index (χ1v) is 11.1. The molecule has 1 fully saturated rings. The molecule has 0 spiro atoms. The van der Waals surface area contributed by atoms with Crippen LogP contribution in [0.2, 0.25) is 0 Å². The van der Waals surface area contributed by atoms with Crippen LogP contribution in [0.25, 0.3) is 11.1 Å². The Hall–Kier alpha value is -3.02. The van der Waals surface area contributed by atoms with E-state index in [1.54, 1.807) is 14.2 Å². The molecule has 0 saturated heterocycles. The van der Waals surface area contributed by atoms with Crippen LogP contribution in [-0.2, 0) is 11.2 Å². The van der Waals surface area contributed by atoms with Gasteiger partial charge in [-0.3, -0.25) is 9.59 Å². The highest BCUT2D eigenvalue weighted by Crippen LogP contribution is 2.54. The number of ether oxygens (including phenoxy) is 3. The first kappa shape index (κ1) is 22.2.